The Labute approximate surface area is 127 Å². The topological polar surface area (TPSA) is 86.5 Å². The number of nitrogens with one attached hydrogen (secondary N) is 3. The number of imidazole rings is 1. The van der Waals surface area contributed by atoms with Crippen molar-refractivity contribution in [2.24, 2.45) is 5.92 Å². The van der Waals surface area contributed by atoms with Crippen molar-refractivity contribution in [2.75, 3.05) is 0 Å². The SMILES string of the molecule is O=C(NCc1nc2c(cnc3[nH]ccc32)[nH]1)C1CCCCC1. The molecule has 6 nitrogen and oxygen atoms in total. The van der Waals surface area contributed by atoms with Crippen LogP contribution in [-0.2, 0) is 11.3 Å². The maximum Gasteiger partial charge on any atom is 0.223 e. The van der Waals surface area contributed by atoms with Gasteiger partial charge < -0.3 is 15.3 Å². The minimum absolute atomic E-state index is 0.157. The molecule has 0 spiro atoms. The predicted molar refractivity (Wildman–Crippen MR) is 84.2 cm³/mol. The molecule has 3 N–H and O–H groups in total. The summed E-state index contributed by atoms with van der Waals surface area (Å²) in [6, 6.07) is 1.97. The van der Waals surface area contributed by atoms with E-state index in [2.05, 4.69) is 25.3 Å². The molecule has 3 aromatic heterocycles. The van der Waals surface area contributed by atoms with Crippen LogP contribution in [0.1, 0.15) is 37.9 Å². The highest BCUT2D eigenvalue weighted by Gasteiger charge is 2.21. The van der Waals surface area contributed by atoms with Gasteiger partial charge in [0.2, 0.25) is 5.91 Å². The van der Waals surface area contributed by atoms with Crippen molar-refractivity contribution < 1.29 is 4.79 Å². The first-order valence-corrected chi connectivity index (χ1v) is 7.89. The van der Waals surface area contributed by atoms with E-state index in [1.165, 1.54) is 19.3 Å². The maximum absolute atomic E-state index is 12.2. The zero-order valence-electron chi connectivity index (χ0n) is 12.4. The number of nitrogens with zero attached hydrogens (tertiary/aromatic N) is 2. The molecule has 114 valence electrons. The molecule has 0 saturated heterocycles. The van der Waals surface area contributed by atoms with Crippen molar-refractivity contribution in [1.29, 1.82) is 0 Å². The molecule has 0 bridgehead atoms. The Hall–Kier alpha value is -2.37. The summed E-state index contributed by atoms with van der Waals surface area (Å²) in [5.74, 6) is 1.11. The number of rotatable bonds is 3. The Morgan fingerprint density at radius 1 is 1.32 bits per heavy atom. The largest absolute Gasteiger partial charge is 0.349 e. The second-order valence-electron chi connectivity index (χ2n) is 6.00. The van der Waals surface area contributed by atoms with Gasteiger partial charge >= 0.3 is 0 Å². The van der Waals surface area contributed by atoms with E-state index in [4.69, 9.17) is 0 Å². The predicted octanol–water partition coefficient (Wildman–Crippen LogP) is 2.64. The van der Waals surface area contributed by atoms with E-state index in [-0.39, 0.29) is 11.8 Å². The number of carbonyl (C=O) groups excluding carboxylic acids is 1. The maximum atomic E-state index is 12.2. The van der Waals surface area contributed by atoms with Crippen LogP contribution in [0.3, 0.4) is 0 Å². The Morgan fingerprint density at radius 2 is 2.18 bits per heavy atom. The molecule has 1 aliphatic carbocycles. The molecule has 6 heteroatoms. The molecule has 0 aromatic carbocycles. The molecular weight excluding hydrogens is 278 g/mol. The van der Waals surface area contributed by atoms with Crippen LogP contribution in [0.4, 0.5) is 0 Å². The first-order valence-electron chi connectivity index (χ1n) is 7.89. The average molecular weight is 297 g/mol. The number of pyridine rings is 1. The van der Waals surface area contributed by atoms with E-state index in [1.54, 1.807) is 6.20 Å². The van der Waals surface area contributed by atoms with Crippen LogP contribution in [0.2, 0.25) is 0 Å². The summed E-state index contributed by atoms with van der Waals surface area (Å²) in [4.78, 5) is 27.4. The molecule has 1 saturated carbocycles. The van der Waals surface area contributed by atoms with E-state index in [1.807, 2.05) is 12.3 Å². The van der Waals surface area contributed by atoms with E-state index in [9.17, 15) is 4.79 Å². The minimum atomic E-state index is 0.157. The number of amides is 1. The lowest BCUT2D eigenvalue weighted by Gasteiger charge is -2.20. The molecule has 3 heterocycles. The lowest BCUT2D eigenvalue weighted by molar-refractivity contribution is -0.126. The summed E-state index contributed by atoms with van der Waals surface area (Å²) in [5.41, 5.74) is 2.62. The highest BCUT2D eigenvalue weighted by atomic mass is 16.1. The number of aromatic nitrogens is 4. The second-order valence-corrected chi connectivity index (χ2v) is 6.00. The Balaban J connectivity index is 1.50. The molecule has 1 amide bonds. The van der Waals surface area contributed by atoms with Gasteiger partial charge in [-0.05, 0) is 18.9 Å². The molecule has 22 heavy (non-hydrogen) atoms. The van der Waals surface area contributed by atoms with Gasteiger partial charge in [0.15, 0.2) is 0 Å². The lowest BCUT2D eigenvalue weighted by atomic mass is 9.89. The van der Waals surface area contributed by atoms with Gasteiger partial charge in [0.25, 0.3) is 0 Å². The van der Waals surface area contributed by atoms with Gasteiger partial charge in [0.05, 0.1) is 18.3 Å². The van der Waals surface area contributed by atoms with Crippen molar-refractivity contribution in [1.82, 2.24) is 25.3 Å². The minimum Gasteiger partial charge on any atom is -0.349 e. The molecule has 0 aliphatic heterocycles. The van der Waals surface area contributed by atoms with Crippen LogP contribution < -0.4 is 5.32 Å². The third-order valence-corrected chi connectivity index (χ3v) is 4.49. The van der Waals surface area contributed by atoms with Crippen molar-refractivity contribution in [3.63, 3.8) is 0 Å². The summed E-state index contributed by atoms with van der Waals surface area (Å²) in [7, 11) is 0. The Kier molecular flexibility index (Phi) is 3.29. The highest BCUT2D eigenvalue weighted by molar-refractivity contribution is 6.00. The van der Waals surface area contributed by atoms with Gasteiger partial charge in [-0.1, -0.05) is 19.3 Å². The van der Waals surface area contributed by atoms with Crippen molar-refractivity contribution in [3.8, 4) is 0 Å². The van der Waals surface area contributed by atoms with Crippen LogP contribution in [0.25, 0.3) is 22.1 Å². The normalized spacial score (nSPS) is 16.4. The fourth-order valence-electron chi connectivity index (χ4n) is 3.29. The monoisotopic (exact) mass is 297 g/mol. The van der Waals surface area contributed by atoms with Gasteiger partial charge in [-0.3, -0.25) is 4.79 Å². The molecule has 0 radical (unpaired) electrons. The first kappa shape index (κ1) is 13.3. The highest BCUT2D eigenvalue weighted by Crippen LogP contribution is 2.24. The van der Waals surface area contributed by atoms with Crippen molar-refractivity contribution in [2.45, 2.75) is 38.6 Å². The van der Waals surface area contributed by atoms with Gasteiger partial charge in [-0.25, -0.2) is 9.97 Å². The number of carbonyl (C=O) groups is 1. The lowest BCUT2D eigenvalue weighted by Crippen LogP contribution is -2.31. The zero-order chi connectivity index (χ0) is 14.9. The van der Waals surface area contributed by atoms with Gasteiger partial charge in [0.1, 0.15) is 17.0 Å². The van der Waals surface area contributed by atoms with Gasteiger partial charge in [0, 0.05) is 17.5 Å². The van der Waals surface area contributed by atoms with Crippen LogP contribution in [-0.4, -0.2) is 25.8 Å². The first-order chi connectivity index (χ1) is 10.8. The van der Waals surface area contributed by atoms with Crippen LogP contribution in [0.15, 0.2) is 18.5 Å². The smallest absolute Gasteiger partial charge is 0.223 e. The van der Waals surface area contributed by atoms with E-state index in [0.29, 0.717) is 6.54 Å². The number of hydrogen-bond acceptors (Lipinski definition) is 3. The summed E-state index contributed by atoms with van der Waals surface area (Å²) in [6.07, 6.45) is 9.25. The molecular formula is C16H19N5O. The molecule has 1 fully saturated rings. The fraction of sp³-hybridized carbons (Fsp3) is 0.438. The van der Waals surface area contributed by atoms with Gasteiger partial charge in [-0.2, -0.15) is 0 Å². The molecule has 1 aliphatic rings. The summed E-state index contributed by atoms with van der Waals surface area (Å²) >= 11 is 0. The van der Waals surface area contributed by atoms with Crippen molar-refractivity contribution in [3.05, 3.63) is 24.3 Å². The van der Waals surface area contributed by atoms with E-state index in [0.717, 1.165) is 40.7 Å². The second kappa shape index (κ2) is 5.44. The van der Waals surface area contributed by atoms with E-state index >= 15 is 0 Å². The standard InChI is InChI=1S/C16H19N5O/c22-16(10-4-2-1-3-5-10)19-9-13-20-12-8-18-15-11(6-7-17-15)14(12)21-13/h6-8,10H,1-5,9H2,(H,17,18)(H,19,22)(H,20,21). The van der Waals surface area contributed by atoms with Crippen LogP contribution >= 0.6 is 0 Å². The van der Waals surface area contributed by atoms with Crippen LogP contribution in [0, 0.1) is 5.92 Å². The number of aromatic amines is 2. The number of hydrogen-bond donors (Lipinski definition) is 3. The van der Waals surface area contributed by atoms with E-state index < -0.39 is 0 Å². The Morgan fingerprint density at radius 3 is 3.05 bits per heavy atom. The molecule has 0 unspecified atom stereocenters. The fourth-order valence-corrected chi connectivity index (χ4v) is 3.29. The van der Waals surface area contributed by atoms with Gasteiger partial charge in [-0.15, -0.1) is 0 Å². The third-order valence-electron chi connectivity index (χ3n) is 4.49. The molecule has 4 rings (SSSR count). The van der Waals surface area contributed by atoms with Crippen LogP contribution in [0.5, 0.6) is 0 Å². The van der Waals surface area contributed by atoms with Crippen molar-refractivity contribution >= 4 is 28.0 Å². The summed E-state index contributed by atoms with van der Waals surface area (Å²) < 4.78 is 0. The molecule has 3 aromatic rings. The quantitative estimate of drug-likeness (QED) is 0.694. The summed E-state index contributed by atoms with van der Waals surface area (Å²) in [6.45, 7) is 0.440. The number of fused-ring (bicyclic) bond motifs is 3. The Bertz CT molecular complexity index is 812. The summed E-state index contributed by atoms with van der Waals surface area (Å²) in [5, 5.41) is 4.01. The number of H-pyrrole nitrogens is 2. The zero-order valence-corrected chi connectivity index (χ0v) is 12.4. The average Bonchev–Trinajstić information content (AvgIpc) is 3.18. The molecule has 0 atom stereocenters. The third kappa shape index (κ3) is 2.34.